The van der Waals surface area contributed by atoms with E-state index in [1.54, 1.807) is 30.3 Å². The van der Waals surface area contributed by atoms with Crippen molar-refractivity contribution >= 4 is 28.3 Å². The third-order valence-corrected chi connectivity index (χ3v) is 2.91. The highest BCUT2D eigenvalue weighted by molar-refractivity contribution is 6.31. The summed E-state index contributed by atoms with van der Waals surface area (Å²) in [6.07, 6.45) is -1.62. The van der Waals surface area contributed by atoms with E-state index in [9.17, 15) is 9.90 Å². The molecule has 2 rings (SSSR count). The largest absolute Gasteiger partial charge is 0.496 e. The molecule has 5 heteroatoms. The van der Waals surface area contributed by atoms with E-state index in [1.165, 1.54) is 7.11 Å². The summed E-state index contributed by atoms with van der Waals surface area (Å²) in [6, 6.07) is 8.48. The zero-order valence-corrected chi connectivity index (χ0v) is 10.3. The molecule has 0 bridgehead atoms. The summed E-state index contributed by atoms with van der Waals surface area (Å²) in [5.41, 5.74) is 0.208. The Balaban J connectivity index is 2.67. The fourth-order valence-electron chi connectivity index (χ4n) is 1.79. The van der Waals surface area contributed by atoms with Crippen molar-refractivity contribution in [3.63, 3.8) is 0 Å². The maximum absolute atomic E-state index is 10.8. The Morgan fingerprint density at radius 3 is 2.61 bits per heavy atom. The van der Waals surface area contributed by atoms with Gasteiger partial charge in [0, 0.05) is 10.6 Å². The minimum absolute atomic E-state index is 0.208. The number of aliphatic carboxylic acids is 1. The van der Waals surface area contributed by atoms with E-state index in [0.717, 1.165) is 10.8 Å². The zero-order chi connectivity index (χ0) is 13.3. The molecule has 2 aromatic rings. The summed E-state index contributed by atoms with van der Waals surface area (Å²) < 4.78 is 5.10. The number of carbonyl (C=O) groups is 1. The van der Waals surface area contributed by atoms with E-state index in [2.05, 4.69) is 0 Å². The number of carboxylic acid groups (broad SMARTS) is 1. The van der Waals surface area contributed by atoms with Crippen LogP contribution in [0.1, 0.15) is 11.7 Å². The Labute approximate surface area is 108 Å². The number of hydrogen-bond acceptors (Lipinski definition) is 3. The van der Waals surface area contributed by atoms with Crippen molar-refractivity contribution in [2.24, 2.45) is 0 Å². The quantitative estimate of drug-likeness (QED) is 0.896. The van der Waals surface area contributed by atoms with E-state index in [4.69, 9.17) is 21.4 Å². The van der Waals surface area contributed by atoms with Gasteiger partial charge in [0.05, 0.1) is 7.11 Å². The maximum Gasteiger partial charge on any atom is 0.337 e. The third kappa shape index (κ3) is 2.25. The van der Waals surface area contributed by atoms with Crippen molar-refractivity contribution in [3.05, 3.63) is 40.9 Å². The highest BCUT2D eigenvalue weighted by Gasteiger charge is 2.21. The van der Waals surface area contributed by atoms with Crippen LogP contribution in [0.2, 0.25) is 5.02 Å². The first-order valence-electron chi connectivity index (χ1n) is 5.21. The Morgan fingerprint density at radius 2 is 2.00 bits per heavy atom. The number of hydrogen-bond donors (Lipinski definition) is 2. The molecule has 0 saturated heterocycles. The lowest BCUT2D eigenvalue weighted by Crippen LogP contribution is -2.11. The SMILES string of the molecule is COc1cc2ccc(Cl)cc2cc1C(O)C(=O)O. The zero-order valence-electron chi connectivity index (χ0n) is 9.55. The molecule has 0 radical (unpaired) electrons. The number of methoxy groups -OCH3 is 1. The molecule has 4 nitrogen and oxygen atoms in total. The van der Waals surface area contributed by atoms with E-state index in [0.29, 0.717) is 10.8 Å². The minimum atomic E-state index is -1.62. The molecule has 0 heterocycles. The van der Waals surface area contributed by atoms with Crippen LogP contribution >= 0.6 is 11.6 Å². The van der Waals surface area contributed by atoms with Crippen molar-refractivity contribution in [1.29, 1.82) is 0 Å². The smallest absolute Gasteiger partial charge is 0.337 e. The fourth-order valence-corrected chi connectivity index (χ4v) is 1.97. The Hall–Kier alpha value is -1.78. The van der Waals surface area contributed by atoms with Gasteiger partial charge in [-0.1, -0.05) is 17.7 Å². The average Bonchev–Trinajstić information content (AvgIpc) is 2.36. The number of ether oxygens (including phenoxy) is 1. The molecule has 0 aliphatic carbocycles. The second-order valence-corrected chi connectivity index (χ2v) is 4.26. The number of halogens is 1. The molecule has 0 aromatic heterocycles. The first-order valence-corrected chi connectivity index (χ1v) is 5.59. The topological polar surface area (TPSA) is 66.8 Å². The van der Waals surface area contributed by atoms with Gasteiger partial charge in [0.15, 0.2) is 6.10 Å². The number of fused-ring (bicyclic) bond motifs is 1. The van der Waals surface area contributed by atoms with Gasteiger partial charge in [-0.2, -0.15) is 0 Å². The van der Waals surface area contributed by atoms with Gasteiger partial charge in [-0.05, 0) is 35.0 Å². The Kier molecular flexibility index (Phi) is 3.41. The van der Waals surface area contributed by atoms with Gasteiger partial charge in [0.1, 0.15) is 5.75 Å². The highest BCUT2D eigenvalue weighted by Crippen LogP contribution is 2.31. The van der Waals surface area contributed by atoms with Crippen LogP contribution in [0.25, 0.3) is 10.8 Å². The molecule has 0 amide bonds. The summed E-state index contributed by atoms with van der Waals surface area (Å²) in [4.78, 5) is 10.8. The molecule has 18 heavy (non-hydrogen) atoms. The van der Waals surface area contributed by atoms with E-state index >= 15 is 0 Å². The second-order valence-electron chi connectivity index (χ2n) is 3.83. The van der Waals surface area contributed by atoms with Crippen LogP contribution < -0.4 is 4.74 Å². The van der Waals surface area contributed by atoms with Crippen molar-refractivity contribution < 1.29 is 19.7 Å². The van der Waals surface area contributed by atoms with Gasteiger partial charge < -0.3 is 14.9 Å². The lowest BCUT2D eigenvalue weighted by atomic mass is 10.0. The van der Waals surface area contributed by atoms with Crippen LogP contribution in [0, 0.1) is 0 Å². The van der Waals surface area contributed by atoms with Crippen LogP contribution in [-0.4, -0.2) is 23.3 Å². The Morgan fingerprint density at radius 1 is 1.28 bits per heavy atom. The molecule has 0 aliphatic rings. The lowest BCUT2D eigenvalue weighted by molar-refractivity contribution is -0.147. The molecule has 0 aliphatic heterocycles. The standard InChI is InChI=1S/C13H11ClO4/c1-18-11-6-7-2-3-9(14)4-8(7)5-10(11)12(15)13(16)17/h2-6,12,15H,1H3,(H,16,17). The normalized spacial score (nSPS) is 12.4. The van der Waals surface area contributed by atoms with E-state index < -0.39 is 12.1 Å². The van der Waals surface area contributed by atoms with Crippen molar-refractivity contribution in [3.8, 4) is 5.75 Å². The number of rotatable bonds is 3. The highest BCUT2D eigenvalue weighted by atomic mass is 35.5. The van der Waals surface area contributed by atoms with Crippen LogP contribution in [0.15, 0.2) is 30.3 Å². The second kappa shape index (κ2) is 4.84. The summed E-state index contributed by atoms with van der Waals surface area (Å²) in [5.74, 6) is -0.991. The third-order valence-electron chi connectivity index (χ3n) is 2.68. The van der Waals surface area contributed by atoms with Crippen molar-refractivity contribution in [2.75, 3.05) is 7.11 Å². The van der Waals surface area contributed by atoms with E-state index in [-0.39, 0.29) is 5.56 Å². The fraction of sp³-hybridized carbons (Fsp3) is 0.154. The molecular weight excluding hydrogens is 256 g/mol. The number of carboxylic acids is 1. The molecule has 2 aromatic carbocycles. The van der Waals surface area contributed by atoms with Gasteiger partial charge in [-0.3, -0.25) is 0 Å². The number of benzene rings is 2. The number of aliphatic hydroxyl groups is 1. The maximum atomic E-state index is 10.8. The van der Waals surface area contributed by atoms with Gasteiger partial charge in [0.25, 0.3) is 0 Å². The molecule has 0 fully saturated rings. The molecule has 0 saturated carbocycles. The van der Waals surface area contributed by atoms with Crippen LogP contribution in [-0.2, 0) is 4.79 Å². The molecule has 2 N–H and O–H groups in total. The molecular formula is C13H11ClO4. The average molecular weight is 267 g/mol. The van der Waals surface area contributed by atoms with Crippen molar-refractivity contribution in [2.45, 2.75) is 6.10 Å². The number of aliphatic hydroxyl groups excluding tert-OH is 1. The summed E-state index contributed by atoms with van der Waals surface area (Å²) in [5, 5.41) is 20.6. The summed E-state index contributed by atoms with van der Waals surface area (Å²) in [6.45, 7) is 0. The van der Waals surface area contributed by atoms with E-state index in [1.807, 2.05) is 0 Å². The van der Waals surface area contributed by atoms with Gasteiger partial charge in [-0.25, -0.2) is 4.79 Å². The predicted octanol–water partition coefficient (Wildman–Crippen LogP) is 2.62. The Bertz CT molecular complexity index is 609. The summed E-state index contributed by atoms with van der Waals surface area (Å²) in [7, 11) is 1.43. The monoisotopic (exact) mass is 266 g/mol. The molecule has 94 valence electrons. The first-order chi connectivity index (χ1) is 8.52. The minimum Gasteiger partial charge on any atom is -0.496 e. The molecule has 1 atom stereocenters. The molecule has 0 spiro atoms. The van der Waals surface area contributed by atoms with Crippen LogP contribution in [0.4, 0.5) is 0 Å². The predicted molar refractivity (Wildman–Crippen MR) is 68.1 cm³/mol. The lowest BCUT2D eigenvalue weighted by Gasteiger charge is -2.13. The van der Waals surface area contributed by atoms with Gasteiger partial charge in [-0.15, -0.1) is 0 Å². The molecule has 1 unspecified atom stereocenters. The van der Waals surface area contributed by atoms with Crippen LogP contribution in [0.5, 0.6) is 5.75 Å². The van der Waals surface area contributed by atoms with Crippen LogP contribution in [0.3, 0.4) is 0 Å². The summed E-state index contributed by atoms with van der Waals surface area (Å²) >= 11 is 5.88. The first kappa shape index (κ1) is 12.7. The van der Waals surface area contributed by atoms with Crippen molar-refractivity contribution in [1.82, 2.24) is 0 Å². The van der Waals surface area contributed by atoms with Gasteiger partial charge in [0.2, 0.25) is 0 Å². The van der Waals surface area contributed by atoms with Gasteiger partial charge >= 0.3 is 5.97 Å².